The number of hydrogen-bond acceptors (Lipinski definition) is 6. The number of nitrogens with zero attached hydrogens (tertiary/aromatic N) is 2. The summed E-state index contributed by atoms with van der Waals surface area (Å²) in [7, 11) is -3.13. The van der Waals surface area contributed by atoms with Crippen LogP contribution in [0.1, 0.15) is 19.3 Å². The Balaban J connectivity index is 1.72. The molecule has 25 heavy (non-hydrogen) atoms. The summed E-state index contributed by atoms with van der Waals surface area (Å²) >= 11 is 1.61. The van der Waals surface area contributed by atoms with E-state index in [0.717, 1.165) is 4.90 Å². The van der Waals surface area contributed by atoms with Gasteiger partial charge in [-0.25, -0.2) is 13.4 Å². The van der Waals surface area contributed by atoms with E-state index in [2.05, 4.69) is 10.4 Å². The van der Waals surface area contributed by atoms with Gasteiger partial charge in [0.2, 0.25) is 5.91 Å². The van der Waals surface area contributed by atoms with Gasteiger partial charge in [0.25, 0.3) is 5.91 Å². The Morgan fingerprint density at radius 2 is 2.00 bits per heavy atom. The lowest BCUT2D eigenvalue weighted by Crippen LogP contribution is -2.42. The number of hydrazone groups is 1. The molecule has 0 spiro atoms. The lowest BCUT2D eigenvalue weighted by Gasteiger charge is -2.27. The molecule has 1 N–H and O–H groups in total. The number of anilines is 1. The highest BCUT2D eigenvalue weighted by Gasteiger charge is 2.37. The number of carbonyl (C=O) groups is 2. The van der Waals surface area contributed by atoms with Crippen LogP contribution < -0.4 is 5.32 Å². The minimum atomic E-state index is -3.13. The Labute approximate surface area is 150 Å². The highest BCUT2D eigenvalue weighted by molar-refractivity contribution is 7.98. The van der Waals surface area contributed by atoms with E-state index in [1.807, 2.05) is 18.4 Å². The Morgan fingerprint density at radius 3 is 2.60 bits per heavy atom. The van der Waals surface area contributed by atoms with Crippen molar-refractivity contribution in [1.82, 2.24) is 5.01 Å². The molecule has 0 aliphatic carbocycles. The van der Waals surface area contributed by atoms with E-state index >= 15 is 0 Å². The predicted octanol–water partition coefficient (Wildman–Crippen LogP) is 1.51. The van der Waals surface area contributed by atoms with Crippen molar-refractivity contribution < 1.29 is 18.0 Å². The fraction of sp³-hybridized carbons (Fsp3) is 0.438. The molecule has 1 fully saturated rings. The third-order valence-corrected chi connectivity index (χ3v) is 6.72. The first-order chi connectivity index (χ1) is 11.9. The van der Waals surface area contributed by atoms with Crippen LogP contribution in [0.25, 0.3) is 0 Å². The topological polar surface area (TPSA) is 95.9 Å². The first-order valence-electron chi connectivity index (χ1n) is 7.93. The lowest BCUT2D eigenvalue weighted by atomic mass is 10.1. The van der Waals surface area contributed by atoms with Gasteiger partial charge < -0.3 is 5.32 Å². The average Bonchev–Trinajstić information content (AvgIpc) is 2.95. The zero-order chi connectivity index (χ0) is 18.0. The van der Waals surface area contributed by atoms with Crippen LogP contribution in [0, 0.1) is 0 Å². The molecule has 1 saturated heterocycles. The number of rotatable bonds is 4. The second-order valence-corrected chi connectivity index (χ2v) is 9.13. The van der Waals surface area contributed by atoms with Gasteiger partial charge in [-0.3, -0.25) is 9.59 Å². The second kappa shape index (κ2) is 7.17. The molecule has 2 aliphatic rings. The maximum atomic E-state index is 12.4. The van der Waals surface area contributed by atoms with E-state index in [1.54, 1.807) is 23.9 Å². The predicted molar refractivity (Wildman–Crippen MR) is 97.4 cm³/mol. The monoisotopic (exact) mass is 381 g/mol. The molecule has 134 valence electrons. The molecule has 1 atom stereocenters. The SMILES string of the molecule is CSc1ccc(NC(=O)C2=NN([C@@H]3CCS(=O)(=O)C3)C(=O)CC2)cc1. The molecule has 2 heterocycles. The lowest BCUT2D eigenvalue weighted by molar-refractivity contribution is -0.133. The molecule has 0 aromatic heterocycles. The number of hydrogen-bond donors (Lipinski definition) is 1. The Morgan fingerprint density at radius 1 is 1.28 bits per heavy atom. The van der Waals surface area contributed by atoms with Gasteiger partial charge in [-0.1, -0.05) is 0 Å². The van der Waals surface area contributed by atoms with E-state index in [-0.39, 0.29) is 41.9 Å². The maximum Gasteiger partial charge on any atom is 0.271 e. The second-order valence-electron chi connectivity index (χ2n) is 6.02. The summed E-state index contributed by atoms with van der Waals surface area (Å²) in [5.41, 5.74) is 0.898. The summed E-state index contributed by atoms with van der Waals surface area (Å²) in [5, 5.41) is 8.12. The van der Waals surface area contributed by atoms with Crippen molar-refractivity contribution in [2.45, 2.75) is 30.2 Å². The molecule has 2 aliphatic heterocycles. The highest BCUT2D eigenvalue weighted by Crippen LogP contribution is 2.23. The number of thioether (sulfide) groups is 1. The zero-order valence-electron chi connectivity index (χ0n) is 13.8. The number of amides is 2. The van der Waals surface area contributed by atoms with Crippen LogP contribution in [0.15, 0.2) is 34.3 Å². The third kappa shape index (κ3) is 4.21. The average molecular weight is 381 g/mol. The van der Waals surface area contributed by atoms with Crippen LogP contribution in [-0.2, 0) is 19.4 Å². The molecule has 7 nitrogen and oxygen atoms in total. The van der Waals surface area contributed by atoms with Gasteiger partial charge >= 0.3 is 0 Å². The van der Waals surface area contributed by atoms with Gasteiger partial charge in [0.15, 0.2) is 9.84 Å². The number of carbonyl (C=O) groups excluding carboxylic acids is 2. The van der Waals surface area contributed by atoms with E-state index in [1.165, 1.54) is 5.01 Å². The van der Waals surface area contributed by atoms with Gasteiger partial charge in [-0.15, -0.1) is 11.8 Å². The first kappa shape index (κ1) is 17.9. The van der Waals surface area contributed by atoms with Gasteiger partial charge in [-0.2, -0.15) is 5.10 Å². The van der Waals surface area contributed by atoms with Crippen LogP contribution in [0.2, 0.25) is 0 Å². The molecule has 1 aromatic carbocycles. The Kier molecular flexibility index (Phi) is 5.14. The quantitative estimate of drug-likeness (QED) is 0.798. The smallest absolute Gasteiger partial charge is 0.271 e. The normalized spacial score (nSPS) is 22.6. The van der Waals surface area contributed by atoms with Crippen molar-refractivity contribution in [3.05, 3.63) is 24.3 Å². The molecule has 3 rings (SSSR count). The first-order valence-corrected chi connectivity index (χ1v) is 11.0. The van der Waals surface area contributed by atoms with Crippen molar-refractivity contribution in [3.8, 4) is 0 Å². The van der Waals surface area contributed by atoms with Crippen molar-refractivity contribution in [1.29, 1.82) is 0 Å². The van der Waals surface area contributed by atoms with E-state index in [0.29, 0.717) is 12.1 Å². The third-order valence-electron chi connectivity index (χ3n) is 4.22. The minimum absolute atomic E-state index is 0.0558. The number of nitrogens with one attached hydrogen (secondary N) is 1. The zero-order valence-corrected chi connectivity index (χ0v) is 15.4. The van der Waals surface area contributed by atoms with Gasteiger partial charge in [-0.05, 0) is 36.9 Å². The number of sulfone groups is 1. The molecule has 0 saturated carbocycles. The van der Waals surface area contributed by atoms with E-state index in [4.69, 9.17) is 0 Å². The fourth-order valence-corrected chi connectivity index (χ4v) is 4.97. The van der Waals surface area contributed by atoms with Crippen molar-refractivity contribution >= 4 is 44.8 Å². The summed E-state index contributed by atoms with van der Waals surface area (Å²) in [6.07, 6.45) is 2.75. The van der Waals surface area contributed by atoms with Crippen LogP contribution in [-0.4, -0.2) is 54.8 Å². The summed E-state index contributed by atoms with van der Waals surface area (Å²) < 4.78 is 23.3. The van der Waals surface area contributed by atoms with Crippen molar-refractivity contribution in [2.75, 3.05) is 23.1 Å². The largest absolute Gasteiger partial charge is 0.321 e. The summed E-state index contributed by atoms with van der Waals surface area (Å²) in [6, 6.07) is 6.95. The van der Waals surface area contributed by atoms with Crippen molar-refractivity contribution in [3.63, 3.8) is 0 Å². The molecular formula is C16H19N3O4S2. The van der Waals surface area contributed by atoms with Gasteiger partial charge in [0.05, 0.1) is 17.5 Å². The molecular weight excluding hydrogens is 362 g/mol. The summed E-state index contributed by atoms with van der Waals surface area (Å²) in [6.45, 7) is 0. The maximum absolute atomic E-state index is 12.4. The molecule has 0 unspecified atom stereocenters. The summed E-state index contributed by atoms with van der Waals surface area (Å²) in [4.78, 5) is 25.6. The van der Waals surface area contributed by atoms with E-state index < -0.39 is 15.9 Å². The minimum Gasteiger partial charge on any atom is -0.321 e. The van der Waals surface area contributed by atoms with Gasteiger partial charge in [0, 0.05) is 23.4 Å². The molecule has 2 amide bonds. The molecule has 1 aromatic rings. The molecule has 0 bridgehead atoms. The highest BCUT2D eigenvalue weighted by atomic mass is 32.2. The van der Waals surface area contributed by atoms with Crippen LogP contribution >= 0.6 is 11.8 Å². The van der Waals surface area contributed by atoms with Gasteiger partial charge in [0.1, 0.15) is 5.71 Å². The van der Waals surface area contributed by atoms with E-state index in [9.17, 15) is 18.0 Å². The van der Waals surface area contributed by atoms with Crippen LogP contribution in [0.4, 0.5) is 5.69 Å². The Bertz CT molecular complexity index is 818. The fourth-order valence-electron chi connectivity index (χ4n) is 2.87. The standard InChI is InChI=1S/C16H19N3O4S2/c1-24-13-4-2-11(3-5-13)17-16(21)14-6-7-15(20)19(18-14)12-8-9-25(22,23)10-12/h2-5,12H,6-10H2,1H3,(H,17,21)/t12-/m1/s1. The molecule has 0 radical (unpaired) electrons. The molecule has 9 heteroatoms. The Hall–Kier alpha value is -1.87. The van der Waals surface area contributed by atoms with Crippen molar-refractivity contribution in [2.24, 2.45) is 5.10 Å². The summed E-state index contributed by atoms with van der Waals surface area (Å²) in [5.74, 6) is -0.633. The van der Waals surface area contributed by atoms with Crippen LogP contribution in [0.5, 0.6) is 0 Å². The number of benzene rings is 1. The van der Waals surface area contributed by atoms with Crippen LogP contribution in [0.3, 0.4) is 0 Å².